The number of rotatable bonds is 12. The number of amides is 1. The van der Waals surface area contributed by atoms with Gasteiger partial charge in [0.25, 0.3) is 5.91 Å². The molecule has 1 aliphatic heterocycles. The Morgan fingerprint density at radius 2 is 1.48 bits per heavy atom. The molecule has 3 fully saturated rings. The lowest BCUT2D eigenvalue weighted by molar-refractivity contribution is -0.340. The highest BCUT2D eigenvalue weighted by Crippen LogP contribution is 2.61. The van der Waals surface area contributed by atoms with Crippen molar-refractivity contribution >= 4 is 53.1 Å². The number of aliphatic hydroxyl groups is 2. The third-order valence-electron chi connectivity index (χ3n) is 12.8. The fourth-order valence-electron chi connectivity index (χ4n) is 9.69. The van der Waals surface area contributed by atoms with Crippen LogP contribution in [-0.4, -0.2) is 112 Å². The van der Waals surface area contributed by atoms with Crippen molar-refractivity contribution in [2.24, 2.45) is 11.3 Å². The van der Waals surface area contributed by atoms with Gasteiger partial charge in [0.15, 0.2) is 17.5 Å². The molecule has 4 aliphatic rings. The summed E-state index contributed by atoms with van der Waals surface area (Å²) in [5.41, 5.74) is -5.45. The predicted molar refractivity (Wildman–Crippen MR) is 223 cm³/mol. The molecule has 64 heavy (non-hydrogen) atoms. The standard InChI is InChI=1S/C47H48ClNO15/c1-25-31-21-46(58,22-32(25)61-44(57)38(62-35(53)23-48)36(28-14-8-5-9-15-28)49-42(55)29-16-10-6-11-17-29)41(63-43(56)30-18-12-7-13-19-30)39-45(4,40(54)37(31)60-26(2)50)33(52)20-34-47(39,24-59-34)64-27(3)51/h5-19,32-34,36-39,41,52,58H,20-24H2,1-4H3,(H,49,55)/t32-,33-,34+,36-,37+,38+,39-,41-,45+,46+,47-/m0/s1. The molecule has 11 atom stereocenters. The highest BCUT2D eigenvalue weighted by Gasteiger charge is 2.76. The van der Waals surface area contributed by atoms with Crippen LogP contribution in [0, 0.1) is 11.3 Å². The van der Waals surface area contributed by atoms with Gasteiger partial charge in [0.1, 0.15) is 35.8 Å². The molecule has 1 amide bonds. The van der Waals surface area contributed by atoms with Crippen molar-refractivity contribution in [2.75, 3.05) is 12.5 Å². The van der Waals surface area contributed by atoms with Gasteiger partial charge in [-0.15, -0.1) is 11.6 Å². The molecule has 338 valence electrons. The molecule has 0 spiro atoms. The molecule has 16 nitrogen and oxygen atoms in total. The molecule has 3 aromatic carbocycles. The van der Waals surface area contributed by atoms with Crippen molar-refractivity contribution in [1.29, 1.82) is 0 Å². The molecule has 0 aromatic heterocycles. The summed E-state index contributed by atoms with van der Waals surface area (Å²) in [5.74, 6) is -8.67. The number of hydrogen-bond donors (Lipinski definition) is 3. The van der Waals surface area contributed by atoms with Gasteiger partial charge in [-0.05, 0) is 54.8 Å². The molecule has 3 N–H and O–H groups in total. The maximum Gasteiger partial charge on any atom is 0.350 e. The number of aliphatic hydroxyl groups excluding tert-OH is 1. The van der Waals surface area contributed by atoms with Gasteiger partial charge in [0.05, 0.1) is 29.6 Å². The highest BCUT2D eigenvalue weighted by molar-refractivity contribution is 6.26. The summed E-state index contributed by atoms with van der Waals surface area (Å²) in [6.45, 7) is 4.74. The zero-order valence-corrected chi connectivity index (χ0v) is 36.2. The largest absolute Gasteiger partial charge is 0.455 e. The summed E-state index contributed by atoms with van der Waals surface area (Å²) >= 11 is 5.88. The fraction of sp³-hybridized carbons (Fsp3) is 0.426. The summed E-state index contributed by atoms with van der Waals surface area (Å²) in [6.07, 6.45) is -11.0. The van der Waals surface area contributed by atoms with Crippen molar-refractivity contribution in [3.05, 3.63) is 119 Å². The summed E-state index contributed by atoms with van der Waals surface area (Å²) in [6, 6.07) is 22.6. The number of Topliss-reactive ketones (excluding diaryl/α,β-unsaturated/α-hetero) is 1. The highest BCUT2D eigenvalue weighted by atomic mass is 35.5. The van der Waals surface area contributed by atoms with E-state index in [1.54, 1.807) is 78.9 Å². The first-order chi connectivity index (χ1) is 30.4. The quantitative estimate of drug-likeness (QED) is 0.101. The first-order valence-corrected chi connectivity index (χ1v) is 21.2. The van der Waals surface area contributed by atoms with Crippen molar-refractivity contribution in [3.63, 3.8) is 0 Å². The van der Waals surface area contributed by atoms with E-state index in [1.165, 1.54) is 26.0 Å². The fourth-order valence-corrected chi connectivity index (χ4v) is 9.75. The number of carbonyl (C=O) groups excluding carboxylic acids is 7. The van der Waals surface area contributed by atoms with Crippen LogP contribution in [0.4, 0.5) is 0 Å². The first-order valence-electron chi connectivity index (χ1n) is 20.7. The summed E-state index contributed by atoms with van der Waals surface area (Å²) in [4.78, 5) is 96.6. The molecule has 1 heterocycles. The summed E-state index contributed by atoms with van der Waals surface area (Å²) < 4.78 is 35.7. The number of ether oxygens (including phenoxy) is 6. The lowest BCUT2D eigenvalue weighted by atomic mass is 9.48. The SMILES string of the molecule is CC(=O)O[C@H]1C(=O)[C@@]2(C)[C@H]([C@H](OC(=O)c3ccccc3)[C@@]3(O)CC1=C(C)[C@@H](OC(=O)[C@H](OC(=O)CCl)[C@@H](NC(=O)c1ccccc1)c1ccccc1)C3)[C@]1(OC(C)=O)CO[C@@H]1C[C@@H]2O. The van der Waals surface area contributed by atoms with Crippen molar-refractivity contribution < 1.29 is 72.2 Å². The van der Waals surface area contributed by atoms with E-state index in [2.05, 4.69) is 5.32 Å². The molecule has 0 radical (unpaired) electrons. The number of hydrogen-bond acceptors (Lipinski definition) is 15. The number of alkyl halides is 1. The Hall–Kier alpha value is -5.94. The van der Waals surface area contributed by atoms with E-state index in [0.29, 0.717) is 5.56 Å². The molecule has 3 aliphatic carbocycles. The van der Waals surface area contributed by atoms with E-state index in [0.717, 1.165) is 13.8 Å². The number of carbonyl (C=O) groups is 7. The minimum Gasteiger partial charge on any atom is -0.455 e. The van der Waals surface area contributed by atoms with Crippen LogP contribution >= 0.6 is 11.6 Å². The van der Waals surface area contributed by atoms with Gasteiger partial charge in [0.2, 0.25) is 6.10 Å². The summed E-state index contributed by atoms with van der Waals surface area (Å²) in [7, 11) is 0. The van der Waals surface area contributed by atoms with Gasteiger partial charge < -0.3 is 44.0 Å². The molecule has 2 saturated carbocycles. The average molecular weight is 902 g/mol. The molecule has 2 bridgehead atoms. The van der Waals surface area contributed by atoms with Gasteiger partial charge in [-0.3, -0.25) is 24.0 Å². The maximum atomic E-state index is 15.3. The smallest absolute Gasteiger partial charge is 0.350 e. The number of halogens is 1. The van der Waals surface area contributed by atoms with Crippen LogP contribution in [0.2, 0.25) is 0 Å². The predicted octanol–water partition coefficient (Wildman–Crippen LogP) is 3.89. The van der Waals surface area contributed by atoms with Crippen LogP contribution in [0.15, 0.2) is 102 Å². The Morgan fingerprint density at radius 3 is 2.05 bits per heavy atom. The van der Waals surface area contributed by atoms with Crippen LogP contribution in [0.5, 0.6) is 0 Å². The monoisotopic (exact) mass is 901 g/mol. The number of ketones is 1. The molecule has 0 unspecified atom stereocenters. The van der Waals surface area contributed by atoms with Crippen LogP contribution in [0.1, 0.15) is 79.3 Å². The van der Waals surface area contributed by atoms with Gasteiger partial charge in [-0.25, -0.2) is 9.59 Å². The van der Waals surface area contributed by atoms with Crippen molar-refractivity contribution in [3.8, 4) is 0 Å². The Bertz CT molecular complexity index is 2340. The number of benzene rings is 3. The van der Waals surface area contributed by atoms with E-state index in [9.17, 15) is 39.0 Å². The first kappa shape index (κ1) is 46.1. The molecule has 17 heteroatoms. The Morgan fingerprint density at radius 1 is 0.875 bits per heavy atom. The minimum absolute atomic E-state index is 0.0285. The molecule has 1 saturated heterocycles. The lowest BCUT2D eigenvalue weighted by Gasteiger charge is -2.65. The lowest BCUT2D eigenvalue weighted by Crippen LogP contribution is -2.80. The Kier molecular flexibility index (Phi) is 13.2. The second-order valence-electron chi connectivity index (χ2n) is 16.8. The Labute approximate surface area is 373 Å². The Balaban J connectivity index is 1.37. The van der Waals surface area contributed by atoms with Gasteiger partial charge >= 0.3 is 29.8 Å². The van der Waals surface area contributed by atoms with Crippen LogP contribution in [0.3, 0.4) is 0 Å². The topological polar surface area (TPSA) is 227 Å². The van der Waals surface area contributed by atoms with Crippen molar-refractivity contribution in [2.45, 2.75) is 101 Å². The van der Waals surface area contributed by atoms with E-state index >= 15 is 4.79 Å². The van der Waals surface area contributed by atoms with Crippen LogP contribution in [0.25, 0.3) is 0 Å². The molecule has 7 rings (SSSR count). The van der Waals surface area contributed by atoms with Crippen LogP contribution < -0.4 is 5.32 Å². The molecular weight excluding hydrogens is 854 g/mol. The maximum absolute atomic E-state index is 15.3. The third-order valence-corrected chi connectivity index (χ3v) is 13.0. The average Bonchev–Trinajstić information content (AvgIpc) is 3.27. The van der Waals surface area contributed by atoms with E-state index in [-0.39, 0.29) is 35.3 Å². The molecule has 3 aromatic rings. The van der Waals surface area contributed by atoms with E-state index < -0.39 is 125 Å². The van der Waals surface area contributed by atoms with E-state index in [4.69, 9.17) is 40.0 Å². The molecular formula is C47H48ClNO15. The van der Waals surface area contributed by atoms with Gasteiger partial charge in [0, 0.05) is 38.7 Å². The van der Waals surface area contributed by atoms with Gasteiger partial charge in [-0.2, -0.15) is 0 Å². The van der Waals surface area contributed by atoms with Gasteiger partial charge in [-0.1, -0.05) is 66.7 Å². The summed E-state index contributed by atoms with van der Waals surface area (Å²) in [5, 5.41) is 28.1. The second kappa shape index (κ2) is 18.3. The number of nitrogens with one attached hydrogen (secondary N) is 1. The van der Waals surface area contributed by atoms with E-state index in [1.807, 2.05) is 0 Å². The zero-order chi connectivity index (χ0) is 46.1. The number of fused-ring (bicyclic) bond motifs is 5. The number of esters is 5. The van der Waals surface area contributed by atoms with Crippen molar-refractivity contribution in [1.82, 2.24) is 5.32 Å². The minimum atomic E-state index is -2.34. The third kappa shape index (κ3) is 8.54. The normalized spacial score (nSPS) is 30.3. The second-order valence-corrected chi connectivity index (χ2v) is 17.1. The zero-order valence-electron chi connectivity index (χ0n) is 35.4. The van der Waals surface area contributed by atoms with Crippen LogP contribution in [-0.2, 0) is 52.4 Å².